The molecule has 0 aliphatic heterocycles. The van der Waals surface area contributed by atoms with Crippen LogP contribution in [0.5, 0.6) is 0 Å². The first kappa shape index (κ1) is 16.4. The third-order valence-electron chi connectivity index (χ3n) is 3.60. The maximum absolute atomic E-state index is 12.1. The van der Waals surface area contributed by atoms with E-state index >= 15 is 0 Å². The van der Waals surface area contributed by atoms with Crippen LogP contribution in [0.25, 0.3) is 0 Å². The van der Waals surface area contributed by atoms with Crippen LogP contribution in [0.3, 0.4) is 0 Å². The van der Waals surface area contributed by atoms with E-state index < -0.39 is 5.97 Å². The summed E-state index contributed by atoms with van der Waals surface area (Å²) in [6.45, 7) is 0.819. The summed E-state index contributed by atoms with van der Waals surface area (Å²) < 4.78 is 3.10. The lowest BCUT2D eigenvalue weighted by Gasteiger charge is -2.08. The van der Waals surface area contributed by atoms with Crippen LogP contribution >= 0.6 is 0 Å². The number of rotatable bonds is 7. The van der Waals surface area contributed by atoms with E-state index in [1.165, 1.54) is 16.9 Å². The van der Waals surface area contributed by atoms with Crippen LogP contribution in [0.15, 0.2) is 55.0 Å². The molecule has 0 fully saturated rings. The summed E-state index contributed by atoms with van der Waals surface area (Å²) in [5.74, 6) is -1.27. The number of anilines is 1. The molecule has 0 atom stereocenters. The van der Waals surface area contributed by atoms with Gasteiger partial charge in [0.2, 0.25) is 5.91 Å². The minimum absolute atomic E-state index is 0.0639. The van der Waals surface area contributed by atoms with Crippen molar-refractivity contribution in [3.05, 3.63) is 66.2 Å². The molecule has 0 radical (unpaired) electrons. The Morgan fingerprint density at radius 1 is 1.12 bits per heavy atom. The number of carboxylic acid groups (broad SMARTS) is 1. The lowest BCUT2D eigenvalue weighted by Crippen LogP contribution is -2.17. The number of amides is 1. The van der Waals surface area contributed by atoms with Crippen LogP contribution in [0.4, 0.5) is 5.69 Å². The predicted molar refractivity (Wildman–Crippen MR) is 90.2 cm³/mol. The van der Waals surface area contributed by atoms with Gasteiger partial charge in [-0.2, -0.15) is 10.2 Å². The maximum Gasteiger partial charge on any atom is 0.354 e. The van der Waals surface area contributed by atoms with E-state index in [-0.39, 0.29) is 24.6 Å². The number of carbonyl (C=O) groups is 2. The molecule has 0 unspecified atom stereocenters. The van der Waals surface area contributed by atoms with Gasteiger partial charge < -0.3 is 10.4 Å². The molecule has 128 valence electrons. The minimum Gasteiger partial charge on any atom is -0.477 e. The lowest BCUT2D eigenvalue weighted by molar-refractivity contribution is -0.116. The molecule has 2 N–H and O–H groups in total. The molecule has 8 nitrogen and oxygen atoms in total. The Kier molecular flexibility index (Phi) is 4.89. The van der Waals surface area contributed by atoms with Crippen molar-refractivity contribution in [3.63, 3.8) is 0 Å². The van der Waals surface area contributed by atoms with E-state index in [1.807, 2.05) is 30.5 Å². The number of benzene rings is 1. The predicted octanol–water partition coefficient (Wildman–Crippen LogP) is 1.85. The number of carbonyl (C=O) groups excluding carboxylic acids is 1. The maximum atomic E-state index is 12.1. The first-order valence-corrected chi connectivity index (χ1v) is 7.73. The smallest absolute Gasteiger partial charge is 0.354 e. The van der Waals surface area contributed by atoms with Crippen LogP contribution in [0.1, 0.15) is 22.5 Å². The van der Waals surface area contributed by atoms with E-state index in [1.54, 1.807) is 16.9 Å². The molecule has 1 amide bonds. The molecule has 3 aromatic rings. The number of carboxylic acids is 1. The van der Waals surface area contributed by atoms with Crippen molar-refractivity contribution in [2.75, 3.05) is 5.32 Å². The molecule has 0 aliphatic rings. The van der Waals surface area contributed by atoms with E-state index in [0.29, 0.717) is 12.2 Å². The summed E-state index contributed by atoms with van der Waals surface area (Å²) in [5, 5.41) is 19.9. The van der Waals surface area contributed by atoms with Crippen molar-refractivity contribution in [2.24, 2.45) is 0 Å². The molecule has 0 bridgehead atoms. The summed E-state index contributed by atoms with van der Waals surface area (Å²) >= 11 is 0. The second kappa shape index (κ2) is 7.43. The molecule has 0 aliphatic carbocycles. The van der Waals surface area contributed by atoms with Gasteiger partial charge in [0.05, 0.1) is 13.1 Å². The molecule has 0 saturated heterocycles. The number of hydrogen-bond donors (Lipinski definition) is 2. The van der Waals surface area contributed by atoms with E-state index in [0.717, 1.165) is 5.56 Å². The molecule has 0 spiro atoms. The fourth-order valence-corrected chi connectivity index (χ4v) is 2.45. The molecule has 2 heterocycles. The fraction of sp³-hybridized carbons (Fsp3) is 0.176. The van der Waals surface area contributed by atoms with Crippen LogP contribution in [-0.4, -0.2) is 36.5 Å². The van der Waals surface area contributed by atoms with Crippen LogP contribution in [-0.2, 0) is 17.9 Å². The normalized spacial score (nSPS) is 10.6. The molecule has 2 aromatic heterocycles. The zero-order valence-corrected chi connectivity index (χ0v) is 13.4. The van der Waals surface area contributed by atoms with Gasteiger partial charge in [0.1, 0.15) is 5.69 Å². The Morgan fingerprint density at radius 3 is 2.76 bits per heavy atom. The number of aromatic carboxylic acids is 1. The summed E-state index contributed by atoms with van der Waals surface area (Å²) in [7, 11) is 0. The Hall–Kier alpha value is -3.42. The van der Waals surface area contributed by atoms with E-state index in [2.05, 4.69) is 15.5 Å². The zero-order valence-electron chi connectivity index (χ0n) is 13.4. The third kappa shape index (κ3) is 4.31. The van der Waals surface area contributed by atoms with Gasteiger partial charge in [-0.3, -0.25) is 14.2 Å². The SMILES string of the molecule is O=C(CCn1nccc1C(=O)O)Nc1cccc(Cn2cccn2)c1. The second-order valence-electron chi connectivity index (χ2n) is 5.45. The van der Waals surface area contributed by atoms with Crippen molar-refractivity contribution >= 4 is 17.6 Å². The van der Waals surface area contributed by atoms with Crippen molar-refractivity contribution in [1.29, 1.82) is 0 Å². The standard InChI is InChI=1S/C17H17N5O3/c23-16(6-10-22-15(17(24)25)5-8-19-22)20-14-4-1-3-13(11-14)12-21-9-2-7-18-21/h1-5,7-9,11H,6,10,12H2,(H,20,23)(H,24,25). The summed E-state index contributed by atoms with van der Waals surface area (Å²) in [6, 6.07) is 10.8. The van der Waals surface area contributed by atoms with Crippen LogP contribution in [0.2, 0.25) is 0 Å². The first-order valence-electron chi connectivity index (χ1n) is 7.73. The highest BCUT2D eigenvalue weighted by atomic mass is 16.4. The zero-order chi connectivity index (χ0) is 17.6. The van der Waals surface area contributed by atoms with Gasteiger partial charge >= 0.3 is 5.97 Å². The van der Waals surface area contributed by atoms with Gasteiger partial charge in [-0.25, -0.2) is 4.79 Å². The number of nitrogens with zero attached hydrogens (tertiary/aromatic N) is 4. The minimum atomic E-state index is -1.07. The Bertz CT molecular complexity index is 870. The van der Waals surface area contributed by atoms with Crippen molar-refractivity contribution in [3.8, 4) is 0 Å². The number of hydrogen-bond acceptors (Lipinski definition) is 4. The molecule has 8 heteroatoms. The van der Waals surface area contributed by atoms with Crippen molar-refractivity contribution < 1.29 is 14.7 Å². The molecular formula is C17H17N5O3. The molecule has 3 rings (SSSR count). The monoisotopic (exact) mass is 339 g/mol. The average Bonchev–Trinajstić information content (AvgIpc) is 3.24. The molecule has 1 aromatic carbocycles. The van der Waals surface area contributed by atoms with Crippen LogP contribution < -0.4 is 5.32 Å². The van der Waals surface area contributed by atoms with Gasteiger partial charge in [0.25, 0.3) is 0 Å². The highest BCUT2D eigenvalue weighted by Gasteiger charge is 2.11. The average molecular weight is 339 g/mol. The summed E-state index contributed by atoms with van der Waals surface area (Å²) in [5.41, 5.74) is 1.77. The topological polar surface area (TPSA) is 102 Å². The molecular weight excluding hydrogens is 322 g/mol. The number of aromatic nitrogens is 4. The van der Waals surface area contributed by atoms with Gasteiger partial charge in [0, 0.05) is 30.7 Å². The van der Waals surface area contributed by atoms with Gasteiger partial charge in [-0.1, -0.05) is 12.1 Å². The molecule has 25 heavy (non-hydrogen) atoms. The van der Waals surface area contributed by atoms with Gasteiger partial charge in [-0.15, -0.1) is 0 Å². The van der Waals surface area contributed by atoms with Gasteiger partial charge in [-0.05, 0) is 29.8 Å². The Labute approximate surface area is 143 Å². The quantitative estimate of drug-likeness (QED) is 0.684. The van der Waals surface area contributed by atoms with Crippen LogP contribution in [0, 0.1) is 0 Å². The third-order valence-corrected chi connectivity index (χ3v) is 3.60. The Balaban J connectivity index is 1.57. The van der Waals surface area contributed by atoms with Gasteiger partial charge in [0.15, 0.2) is 0 Å². The molecule has 0 saturated carbocycles. The van der Waals surface area contributed by atoms with Crippen molar-refractivity contribution in [2.45, 2.75) is 19.5 Å². The second-order valence-corrected chi connectivity index (χ2v) is 5.45. The number of nitrogens with one attached hydrogen (secondary N) is 1. The summed E-state index contributed by atoms with van der Waals surface area (Å²) in [4.78, 5) is 23.1. The van der Waals surface area contributed by atoms with E-state index in [4.69, 9.17) is 5.11 Å². The highest BCUT2D eigenvalue weighted by molar-refractivity contribution is 5.91. The largest absolute Gasteiger partial charge is 0.477 e. The van der Waals surface area contributed by atoms with Crippen molar-refractivity contribution in [1.82, 2.24) is 19.6 Å². The fourth-order valence-electron chi connectivity index (χ4n) is 2.45. The number of aryl methyl sites for hydroxylation is 1. The summed E-state index contributed by atoms with van der Waals surface area (Å²) in [6.07, 6.45) is 5.12. The lowest BCUT2D eigenvalue weighted by atomic mass is 10.2. The van der Waals surface area contributed by atoms with E-state index in [9.17, 15) is 9.59 Å². The highest BCUT2D eigenvalue weighted by Crippen LogP contribution is 2.12. The Morgan fingerprint density at radius 2 is 2.00 bits per heavy atom. The first-order chi connectivity index (χ1) is 12.1.